The van der Waals surface area contributed by atoms with Gasteiger partial charge in [-0.2, -0.15) is 0 Å². The molecule has 1 aromatic carbocycles. The van der Waals surface area contributed by atoms with E-state index < -0.39 is 5.97 Å². The third-order valence-corrected chi connectivity index (χ3v) is 1.76. The summed E-state index contributed by atoms with van der Waals surface area (Å²) < 4.78 is 5.98. The number of para-hydroxylation sites is 1. The van der Waals surface area contributed by atoms with Crippen LogP contribution in [0.5, 0.6) is 5.75 Å². The second-order valence-electron chi connectivity index (χ2n) is 2.58. The summed E-state index contributed by atoms with van der Waals surface area (Å²) >= 11 is 3.75. The zero-order valence-corrected chi connectivity index (χ0v) is 8.45. The van der Waals surface area contributed by atoms with Crippen LogP contribution in [0.2, 0.25) is 0 Å². The Labute approximate surface area is 86.8 Å². The highest BCUT2D eigenvalue weighted by Gasteiger charge is 2.15. The van der Waals surface area contributed by atoms with E-state index in [1.807, 2.05) is 0 Å². The number of quaternary nitrogens is 1. The van der Waals surface area contributed by atoms with Crippen LogP contribution in [0.4, 0.5) is 0 Å². The molecule has 0 atom stereocenters. The van der Waals surface area contributed by atoms with Gasteiger partial charge in [0.25, 0.3) is 0 Å². The van der Waals surface area contributed by atoms with Gasteiger partial charge in [-0.3, -0.25) is 4.79 Å². The molecule has 0 aliphatic rings. The minimum absolute atomic E-state index is 0.260. The van der Waals surface area contributed by atoms with E-state index in [-0.39, 0.29) is 11.7 Å². The Bertz CT molecular complexity index is 365. The topological polar surface area (TPSA) is 60.0 Å². The summed E-state index contributed by atoms with van der Waals surface area (Å²) in [6, 6.07) is 6.52. The SMILES string of the molecule is CC(=O)Oc1ccccc1C(=O)[NH2+]S. The first kappa shape index (κ1) is 10.7. The predicted octanol–water partition coefficient (Wildman–Crippen LogP) is 0.160. The zero-order chi connectivity index (χ0) is 10.6. The van der Waals surface area contributed by atoms with Crippen molar-refractivity contribution in [1.82, 2.24) is 0 Å². The summed E-state index contributed by atoms with van der Waals surface area (Å²) in [6.07, 6.45) is 0. The average Bonchev–Trinajstić information content (AvgIpc) is 2.16. The Kier molecular flexibility index (Phi) is 3.67. The number of nitrogens with two attached hydrogens (primary N) is 1. The van der Waals surface area contributed by atoms with Crippen molar-refractivity contribution in [3.05, 3.63) is 29.8 Å². The number of hydrogen-bond acceptors (Lipinski definition) is 4. The molecule has 0 aliphatic carbocycles. The van der Waals surface area contributed by atoms with E-state index in [4.69, 9.17) is 4.74 Å². The van der Waals surface area contributed by atoms with Crippen molar-refractivity contribution in [2.45, 2.75) is 6.92 Å². The van der Waals surface area contributed by atoms with E-state index in [0.717, 1.165) is 4.72 Å². The van der Waals surface area contributed by atoms with Crippen molar-refractivity contribution in [2.75, 3.05) is 0 Å². The lowest BCUT2D eigenvalue weighted by molar-refractivity contribution is -0.362. The molecule has 4 nitrogen and oxygen atoms in total. The van der Waals surface area contributed by atoms with Crippen LogP contribution in [0, 0.1) is 0 Å². The number of ether oxygens (including phenoxy) is 1. The molecule has 0 bridgehead atoms. The molecule has 0 unspecified atom stereocenters. The minimum atomic E-state index is -0.454. The minimum Gasteiger partial charge on any atom is -0.426 e. The van der Waals surface area contributed by atoms with Gasteiger partial charge in [-0.1, -0.05) is 12.1 Å². The van der Waals surface area contributed by atoms with Gasteiger partial charge in [0, 0.05) is 6.92 Å². The van der Waals surface area contributed by atoms with Gasteiger partial charge in [0.05, 0.1) is 12.8 Å². The Morgan fingerprint density at radius 1 is 1.36 bits per heavy atom. The highest BCUT2D eigenvalue weighted by Crippen LogP contribution is 2.16. The number of hydrogen-bond donors (Lipinski definition) is 2. The van der Waals surface area contributed by atoms with Crippen molar-refractivity contribution < 1.29 is 19.0 Å². The van der Waals surface area contributed by atoms with Crippen LogP contribution >= 0.6 is 12.8 Å². The van der Waals surface area contributed by atoms with Gasteiger partial charge in [-0.05, 0) is 12.1 Å². The van der Waals surface area contributed by atoms with Gasteiger partial charge in [0.2, 0.25) is 0 Å². The predicted molar refractivity (Wildman–Crippen MR) is 53.0 cm³/mol. The number of rotatable bonds is 2. The molecule has 0 fully saturated rings. The first-order valence-electron chi connectivity index (χ1n) is 3.94. The summed E-state index contributed by atoms with van der Waals surface area (Å²) in [4.78, 5) is 22.0. The first-order chi connectivity index (χ1) is 6.65. The fraction of sp³-hybridized carbons (Fsp3) is 0.111. The first-order valence-corrected chi connectivity index (χ1v) is 4.46. The fourth-order valence-electron chi connectivity index (χ4n) is 0.984. The maximum absolute atomic E-state index is 11.3. The molecule has 5 heteroatoms. The molecule has 1 aromatic rings. The summed E-state index contributed by atoms with van der Waals surface area (Å²) in [6.45, 7) is 1.28. The largest absolute Gasteiger partial charge is 0.426 e. The molecule has 0 spiro atoms. The van der Waals surface area contributed by atoms with E-state index in [9.17, 15) is 9.59 Å². The number of carbonyl (C=O) groups is 2. The third kappa shape index (κ3) is 2.58. The van der Waals surface area contributed by atoms with Gasteiger partial charge in [0.1, 0.15) is 11.3 Å². The van der Waals surface area contributed by atoms with Crippen LogP contribution in [0.25, 0.3) is 0 Å². The Morgan fingerprint density at radius 2 is 2.00 bits per heavy atom. The fourth-order valence-corrected chi connectivity index (χ4v) is 1.12. The molecule has 0 aromatic heterocycles. The van der Waals surface area contributed by atoms with Crippen LogP contribution in [-0.2, 0) is 4.79 Å². The second-order valence-corrected chi connectivity index (χ2v) is 2.84. The third-order valence-electron chi connectivity index (χ3n) is 1.52. The molecule has 0 saturated carbocycles. The van der Waals surface area contributed by atoms with Gasteiger partial charge in [-0.15, -0.1) is 0 Å². The van der Waals surface area contributed by atoms with Gasteiger partial charge in [-0.25, -0.2) is 9.52 Å². The molecule has 1 amide bonds. The van der Waals surface area contributed by atoms with Crippen molar-refractivity contribution in [3.63, 3.8) is 0 Å². The van der Waals surface area contributed by atoms with Crippen LogP contribution in [0.3, 0.4) is 0 Å². The van der Waals surface area contributed by atoms with E-state index in [2.05, 4.69) is 12.8 Å². The van der Waals surface area contributed by atoms with E-state index in [1.54, 1.807) is 24.3 Å². The normalized spacial score (nSPS) is 9.57. The Balaban J connectivity index is 3.02. The van der Waals surface area contributed by atoms with Crippen molar-refractivity contribution in [3.8, 4) is 5.75 Å². The highest BCUT2D eigenvalue weighted by molar-refractivity contribution is 7.73. The Morgan fingerprint density at radius 3 is 2.57 bits per heavy atom. The van der Waals surface area contributed by atoms with Crippen molar-refractivity contribution >= 4 is 24.7 Å². The molecule has 1 rings (SSSR count). The van der Waals surface area contributed by atoms with E-state index in [0.29, 0.717) is 5.56 Å². The Hall–Kier alpha value is -1.33. The molecule has 0 radical (unpaired) electrons. The molecular formula is C9H10NO3S+. The molecule has 0 heterocycles. The second kappa shape index (κ2) is 4.78. The zero-order valence-electron chi connectivity index (χ0n) is 7.56. The molecular weight excluding hydrogens is 202 g/mol. The molecule has 74 valence electrons. The number of benzene rings is 1. The van der Waals surface area contributed by atoms with Crippen molar-refractivity contribution in [1.29, 1.82) is 0 Å². The lowest BCUT2D eigenvalue weighted by Gasteiger charge is -2.03. The van der Waals surface area contributed by atoms with Gasteiger partial charge >= 0.3 is 11.9 Å². The number of thiol groups is 1. The van der Waals surface area contributed by atoms with Crippen molar-refractivity contribution in [2.24, 2.45) is 0 Å². The van der Waals surface area contributed by atoms with Crippen LogP contribution in [-0.4, -0.2) is 11.9 Å². The lowest BCUT2D eigenvalue weighted by Crippen LogP contribution is -2.77. The van der Waals surface area contributed by atoms with Crippen LogP contribution in [0.1, 0.15) is 17.3 Å². The smallest absolute Gasteiger partial charge is 0.357 e. The average molecular weight is 212 g/mol. The standard InChI is InChI=1S/C9H9NO3S/c1-6(11)13-8-5-3-2-4-7(8)9(12)10-14/h2-5,14H,1H3,(H,10,12)/p+1. The maximum Gasteiger partial charge on any atom is 0.357 e. The summed E-state index contributed by atoms with van der Waals surface area (Å²) in [5.74, 6) is -0.482. The molecule has 14 heavy (non-hydrogen) atoms. The molecule has 0 saturated heterocycles. The quantitative estimate of drug-likeness (QED) is 0.417. The van der Waals surface area contributed by atoms with E-state index in [1.165, 1.54) is 6.92 Å². The number of carbonyl (C=O) groups excluding carboxylic acids is 2. The van der Waals surface area contributed by atoms with Crippen LogP contribution < -0.4 is 9.46 Å². The van der Waals surface area contributed by atoms with Crippen LogP contribution in [0.15, 0.2) is 24.3 Å². The van der Waals surface area contributed by atoms with E-state index >= 15 is 0 Å². The number of primary amides is 1. The highest BCUT2D eigenvalue weighted by atomic mass is 32.1. The maximum atomic E-state index is 11.3. The van der Waals surface area contributed by atoms with Gasteiger partial charge < -0.3 is 4.74 Å². The van der Waals surface area contributed by atoms with Gasteiger partial charge in [0.15, 0.2) is 0 Å². The summed E-state index contributed by atoms with van der Waals surface area (Å²) in [7, 11) is 0. The lowest BCUT2D eigenvalue weighted by atomic mass is 10.2. The summed E-state index contributed by atoms with van der Waals surface area (Å²) in [5, 5.41) is 0. The number of esters is 1. The summed E-state index contributed by atoms with van der Waals surface area (Å²) in [5.41, 5.74) is 0.331. The molecule has 2 N–H and O–H groups in total. The molecule has 0 aliphatic heterocycles. The monoisotopic (exact) mass is 212 g/mol. The number of amides is 1.